The van der Waals surface area contributed by atoms with Crippen molar-refractivity contribution in [3.8, 4) is 0 Å². The quantitative estimate of drug-likeness (QED) is 0.746. The molecule has 1 fully saturated rings. The van der Waals surface area contributed by atoms with Crippen molar-refractivity contribution in [2.45, 2.75) is 32.7 Å². The summed E-state index contributed by atoms with van der Waals surface area (Å²) in [7, 11) is 0. The second-order valence-corrected chi connectivity index (χ2v) is 7.73. The Morgan fingerprint density at radius 2 is 2.35 bits per heavy atom. The van der Waals surface area contributed by atoms with E-state index >= 15 is 0 Å². The number of hydrogen-bond acceptors (Lipinski definition) is 6. The molecule has 4 heterocycles. The highest BCUT2D eigenvalue weighted by atomic mass is 32.1. The molecule has 4 rings (SSSR count). The van der Waals surface area contributed by atoms with Gasteiger partial charge in [-0.3, -0.25) is 9.59 Å². The molecule has 0 radical (unpaired) electrons. The van der Waals surface area contributed by atoms with Crippen LogP contribution in [0, 0.1) is 12.8 Å². The van der Waals surface area contributed by atoms with Gasteiger partial charge < -0.3 is 9.88 Å². The normalized spacial score (nSPS) is 17.7. The molecule has 26 heavy (non-hydrogen) atoms. The predicted molar refractivity (Wildman–Crippen MR) is 98.0 cm³/mol. The summed E-state index contributed by atoms with van der Waals surface area (Å²) in [6.45, 7) is 3.85. The minimum atomic E-state index is -0.268. The summed E-state index contributed by atoms with van der Waals surface area (Å²) in [6, 6.07) is 3.97. The lowest BCUT2D eigenvalue weighted by Crippen LogP contribution is -2.41. The minimum Gasteiger partial charge on any atom is -0.342 e. The van der Waals surface area contributed by atoms with Crippen molar-refractivity contribution in [1.82, 2.24) is 29.9 Å². The van der Waals surface area contributed by atoms with E-state index in [2.05, 4.69) is 20.3 Å². The number of nitrogens with one attached hydrogen (secondary N) is 1. The maximum Gasteiger partial charge on any atom is 0.281 e. The number of piperidine rings is 1. The molecule has 1 amide bonds. The van der Waals surface area contributed by atoms with Crippen molar-refractivity contribution in [3.63, 3.8) is 0 Å². The molecule has 3 aromatic rings. The molecule has 1 aliphatic heterocycles. The Bertz CT molecular complexity index is 977. The summed E-state index contributed by atoms with van der Waals surface area (Å²) >= 11 is 1.61. The third kappa shape index (κ3) is 3.39. The maximum absolute atomic E-state index is 12.6. The Morgan fingerprint density at radius 3 is 3.15 bits per heavy atom. The standard InChI is InChI=1S/C17H20N6O2S/c1-11-18-16-15(17(25)19-11)20-21-23(16)10-12-4-2-6-22(9-12)14(24)8-13-5-3-7-26-13/h3,5,7,12H,2,4,6,8-10H2,1H3,(H,18,19,25)/t12-/m1/s1. The van der Waals surface area contributed by atoms with E-state index in [9.17, 15) is 9.59 Å². The van der Waals surface area contributed by atoms with Crippen LogP contribution in [0.1, 0.15) is 23.5 Å². The Kier molecular flexibility index (Phi) is 4.54. The Hall–Kier alpha value is -2.55. The van der Waals surface area contributed by atoms with Crippen molar-refractivity contribution in [2.75, 3.05) is 13.1 Å². The van der Waals surface area contributed by atoms with E-state index in [-0.39, 0.29) is 22.9 Å². The largest absolute Gasteiger partial charge is 0.342 e. The topological polar surface area (TPSA) is 96.8 Å². The van der Waals surface area contributed by atoms with E-state index in [0.717, 1.165) is 24.3 Å². The zero-order valence-corrected chi connectivity index (χ0v) is 15.3. The number of hydrogen-bond donors (Lipinski definition) is 1. The molecule has 1 saturated heterocycles. The highest BCUT2D eigenvalue weighted by Gasteiger charge is 2.25. The van der Waals surface area contributed by atoms with Gasteiger partial charge in [0, 0.05) is 24.5 Å². The number of carbonyl (C=O) groups excluding carboxylic acids is 1. The van der Waals surface area contributed by atoms with Gasteiger partial charge in [0.15, 0.2) is 11.2 Å². The average molecular weight is 372 g/mol. The Balaban J connectivity index is 1.47. The van der Waals surface area contributed by atoms with Crippen LogP contribution in [0.5, 0.6) is 0 Å². The number of carbonyl (C=O) groups is 1. The van der Waals surface area contributed by atoms with Gasteiger partial charge in [-0.2, -0.15) is 0 Å². The molecule has 3 aromatic heterocycles. The van der Waals surface area contributed by atoms with Gasteiger partial charge in [0.05, 0.1) is 6.42 Å². The van der Waals surface area contributed by atoms with Crippen LogP contribution < -0.4 is 5.56 Å². The number of nitrogens with zero attached hydrogens (tertiary/aromatic N) is 5. The molecule has 0 saturated carbocycles. The molecule has 0 aliphatic carbocycles. The summed E-state index contributed by atoms with van der Waals surface area (Å²) in [5.41, 5.74) is 0.500. The Morgan fingerprint density at radius 1 is 1.46 bits per heavy atom. The van der Waals surface area contributed by atoms with Crippen molar-refractivity contribution in [2.24, 2.45) is 5.92 Å². The molecular formula is C17H20N6O2S. The van der Waals surface area contributed by atoms with Gasteiger partial charge in [0.1, 0.15) is 5.82 Å². The molecule has 9 heteroatoms. The van der Waals surface area contributed by atoms with Gasteiger partial charge in [0.2, 0.25) is 5.91 Å². The second-order valence-electron chi connectivity index (χ2n) is 6.70. The molecule has 1 atom stereocenters. The number of thiophene rings is 1. The van der Waals surface area contributed by atoms with Crippen LogP contribution in [0.3, 0.4) is 0 Å². The lowest BCUT2D eigenvalue weighted by atomic mass is 9.97. The second kappa shape index (κ2) is 6.99. The van der Waals surface area contributed by atoms with E-state index in [0.29, 0.717) is 31.0 Å². The molecule has 1 N–H and O–H groups in total. The summed E-state index contributed by atoms with van der Waals surface area (Å²) < 4.78 is 1.69. The molecule has 1 aliphatic rings. The summed E-state index contributed by atoms with van der Waals surface area (Å²) in [6.07, 6.45) is 2.46. The number of aromatic amines is 1. The predicted octanol–water partition coefficient (Wildman–Crippen LogP) is 1.37. The first-order chi connectivity index (χ1) is 12.6. The molecule has 0 bridgehead atoms. The number of amides is 1. The van der Waals surface area contributed by atoms with Crippen LogP contribution in [0.4, 0.5) is 0 Å². The number of H-pyrrole nitrogens is 1. The molecule has 0 aromatic carbocycles. The highest BCUT2D eigenvalue weighted by Crippen LogP contribution is 2.21. The number of aryl methyl sites for hydroxylation is 1. The summed E-state index contributed by atoms with van der Waals surface area (Å²) in [5.74, 6) is 0.996. The molecule has 0 spiro atoms. The zero-order valence-electron chi connectivity index (χ0n) is 14.5. The van der Waals surface area contributed by atoms with Gasteiger partial charge in [-0.25, -0.2) is 9.67 Å². The fraction of sp³-hybridized carbons (Fsp3) is 0.471. The fourth-order valence-corrected chi connectivity index (χ4v) is 4.15. The van der Waals surface area contributed by atoms with Gasteiger partial charge in [0.25, 0.3) is 5.56 Å². The van der Waals surface area contributed by atoms with Crippen LogP contribution in [-0.2, 0) is 17.8 Å². The summed E-state index contributed by atoms with van der Waals surface area (Å²) in [4.78, 5) is 34.5. The lowest BCUT2D eigenvalue weighted by molar-refractivity contribution is -0.132. The smallest absolute Gasteiger partial charge is 0.281 e. The number of likely N-dealkylation sites (tertiary alicyclic amines) is 1. The van der Waals surface area contributed by atoms with Crippen LogP contribution >= 0.6 is 11.3 Å². The molecular weight excluding hydrogens is 352 g/mol. The van der Waals surface area contributed by atoms with Crippen LogP contribution in [0.25, 0.3) is 11.2 Å². The van der Waals surface area contributed by atoms with Crippen molar-refractivity contribution >= 4 is 28.4 Å². The van der Waals surface area contributed by atoms with Crippen molar-refractivity contribution in [1.29, 1.82) is 0 Å². The van der Waals surface area contributed by atoms with E-state index in [4.69, 9.17) is 0 Å². The SMILES string of the molecule is Cc1nc2c(nnn2C[C@@H]2CCCN(C(=O)Cc3cccs3)C2)c(=O)[nH]1. The van der Waals surface area contributed by atoms with Gasteiger partial charge in [-0.15, -0.1) is 16.4 Å². The summed E-state index contributed by atoms with van der Waals surface area (Å²) in [5, 5.41) is 10.1. The molecule has 8 nitrogen and oxygen atoms in total. The highest BCUT2D eigenvalue weighted by molar-refractivity contribution is 7.10. The molecule has 136 valence electrons. The van der Waals surface area contributed by atoms with E-state index in [1.54, 1.807) is 22.9 Å². The van der Waals surface area contributed by atoms with E-state index in [1.165, 1.54) is 0 Å². The number of rotatable bonds is 4. The monoisotopic (exact) mass is 372 g/mol. The van der Waals surface area contributed by atoms with Gasteiger partial charge >= 0.3 is 0 Å². The van der Waals surface area contributed by atoms with Gasteiger partial charge in [-0.05, 0) is 37.1 Å². The first-order valence-electron chi connectivity index (χ1n) is 8.70. The van der Waals surface area contributed by atoms with Crippen LogP contribution in [0.15, 0.2) is 22.3 Å². The van der Waals surface area contributed by atoms with E-state index < -0.39 is 0 Å². The van der Waals surface area contributed by atoms with E-state index in [1.807, 2.05) is 22.4 Å². The Labute approximate surface area is 153 Å². The maximum atomic E-state index is 12.6. The first kappa shape index (κ1) is 16.9. The lowest BCUT2D eigenvalue weighted by Gasteiger charge is -2.32. The van der Waals surface area contributed by atoms with Crippen molar-refractivity contribution in [3.05, 3.63) is 38.6 Å². The van der Waals surface area contributed by atoms with Crippen molar-refractivity contribution < 1.29 is 4.79 Å². The van der Waals surface area contributed by atoms with Crippen LogP contribution in [0.2, 0.25) is 0 Å². The zero-order chi connectivity index (χ0) is 18.1. The minimum absolute atomic E-state index is 0.172. The first-order valence-corrected chi connectivity index (χ1v) is 9.58. The fourth-order valence-electron chi connectivity index (χ4n) is 3.46. The third-order valence-electron chi connectivity index (χ3n) is 4.70. The average Bonchev–Trinajstić information content (AvgIpc) is 3.26. The van der Waals surface area contributed by atoms with Gasteiger partial charge in [-0.1, -0.05) is 11.3 Å². The number of fused-ring (bicyclic) bond motifs is 1. The van der Waals surface area contributed by atoms with Crippen LogP contribution in [-0.4, -0.2) is 48.9 Å². The third-order valence-corrected chi connectivity index (χ3v) is 5.58. The molecule has 0 unspecified atom stereocenters. The number of aromatic nitrogens is 5.